The topological polar surface area (TPSA) is 236 Å². The number of carbonyl (C=O) groups excluding carboxylic acids is 2. The first-order valence-corrected chi connectivity index (χ1v) is 6.43. The molecule has 1 aromatic rings. The van der Waals surface area contributed by atoms with Crippen molar-refractivity contribution in [2.24, 2.45) is 0 Å². The van der Waals surface area contributed by atoms with Gasteiger partial charge in [-0.15, -0.1) is 5.59 Å². The molecule has 1 aliphatic heterocycles. The molecule has 0 bridgehead atoms. The molecule has 0 spiro atoms. The first kappa shape index (κ1) is 27.0. The van der Waals surface area contributed by atoms with Gasteiger partial charge in [-0.2, -0.15) is 0 Å². The molecule has 0 saturated carbocycles. The maximum Gasteiger partial charge on any atom is 1.00 e. The number of aliphatic hydroxyl groups excluding tert-OH is 3. The summed E-state index contributed by atoms with van der Waals surface area (Å²) in [7, 11) is 0. The average Bonchev–Trinajstić information content (AvgIpc) is 2.54. The molecule has 1 aromatic heterocycles. The summed E-state index contributed by atoms with van der Waals surface area (Å²) >= 11 is 0. The van der Waals surface area contributed by atoms with Crippen molar-refractivity contribution >= 4 is 11.9 Å². The largest absolute Gasteiger partial charge is 1.00 e. The van der Waals surface area contributed by atoms with E-state index in [1.807, 2.05) is 5.59 Å². The number of aliphatic carboxylic acids is 1. The van der Waals surface area contributed by atoms with Gasteiger partial charge < -0.3 is 40.9 Å². The summed E-state index contributed by atoms with van der Waals surface area (Å²) in [6.07, 6.45) is -6.23. The summed E-state index contributed by atoms with van der Waals surface area (Å²) in [5, 5.41) is 39.6. The van der Waals surface area contributed by atoms with Crippen molar-refractivity contribution in [1.29, 1.82) is 0 Å². The third kappa shape index (κ3) is 6.49. The molecule has 2 heterocycles. The Balaban J connectivity index is 0. The fourth-order valence-electron chi connectivity index (χ4n) is 1.89. The van der Waals surface area contributed by atoms with E-state index >= 15 is 0 Å². The SMILES string of the molecule is O.O.O=C(NNO[C@H]1C(O)O[C@H](C(=O)[O-])[C@@H](O)[C@@H]1O)c1ccncc1.[Na+]. The van der Waals surface area contributed by atoms with Gasteiger partial charge in [-0.05, 0) is 12.1 Å². The summed E-state index contributed by atoms with van der Waals surface area (Å²) in [5.74, 6) is -2.39. The second kappa shape index (κ2) is 12.2. The van der Waals surface area contributed by atoms with Gasteiger partial charge in [0.2, 0.25) is 0 Å². The molecule has 13 nitrogen and oxygen atoms in total. The Morgan fingerprint density at radius 3 is 2.27 bits per heavy atom. The van der Waals surface area contributed by atoms with Gasteiger partial charge in [-0.1, -0.05) is 0 Å². The van der Waals surface area contributed by atoms with Gasteiger partial charge in [0.25, 0.3) is 5.91 Å². The van der Waals surface area contributed by atoms with E-state index in [2.05, 4.69) is 15.1 Å². The second-order valence-corrected chi connectivity index (χ2v) is 4.62. The first-order chi connectivity index (χ1) is 10.9. The predicted molar refractivity (Wildman–Crippen MR) is 74.8 cm³/mol. The first-order valence-electron chi connectivity index (χ1n) is 6.43. The Bertz CT molecular complexity index is 565. The van der Waals surface area contributed by atoms with E-state index in [9.17, 15) is 30.0 Å². The Hall–Kier alpha value is -1.23. The smallest absolute Gasteiger partial charge is 0.547 e. The second-order valence-electron chi connectivity index (χ2n) is 4.62. The van der Waals surface area contributed by atoms with E-state index < -0.39 is 42.6 Å². The van der Waals surface area contributed by atoms with E-state index in [0.29, 0.717) is 0 Å². The summed E-state index contributed by atoms with van der Waals surface area (Å²) in [6, 6.07) is 2.86. The fourth-order valence-corrected chi connectivity index (χ4v) is 1.89. The number of aliphatic hydroxyl groups is 3. The summed E-state index contributed by atoms with van der Waals surface area (Å²) in [4.78, 5) is 30.9. The molecule has 1 unspecified atom stereocenters. The zero-order valence-corrected chi connectivity index (χ0v) is 15.5. The molecule has 14 heteroatoms. The van der Waals surface area contributed by atoms with E-state index in [0.717, 1.165) is 0 Å². The van der Waals surface area contributed by atoms with Crippen LogP contribution in [-0.2, 0) is 14.4 Å². The van der Waals surface area contributed by atoms with Crippen LogP contribution in [0.3, 0.4) is 0 Å². The number of nitrogens with zero attached hydrogens (tertiary/aromatic N) is 1. The minimum absolute atomic E-state index is 0. The van der Waals surface area contributed by atoms with Crippen molar-refractivity contribution in [2.75, 3.05) is 0 Å². The zero-order valence-electron chi connectivity index (χ0n) is 13.5. The van der Waals surface area contributed by atoms with Gasteiger partial charge in [0.15, 0.2) is 12.4 Å². The molecule has 0 radical (unpaired) electrons. The monoisotopic (exact) mass is 387 g/mol. The number of carboxylic acids is 1. The van der Waals surface area contributed by atoms with Gasteiger partial charge in [0, 0.05) is 18.0 Å². The molecule has 1 amide bonds. The normalized spacial score (nSPS) is 27.1. The molecule has 1 fully saturated rings. The number of carbonyl (C=O) groups is 2. The molecule has 5 atom stereocenters. The molecular formula is C12H18N3NaO10. The molecule has 0 aliphatic carbocycles. The number of nitrogens with one attached hydrogen (secondary N) is 2. The zero-order chi connectivity index (χ0) is 17.0. The number of rotatable bonds is 5. The van der Waals surface area contributed by atoms with Gasteiger partial charge in [-0.3, -0.25) is 20.0 Å². The van der Waals surface area contributed by atoms with Crippen molar-refractivity contribution in [1.82, 2.24) is 16.0 Å². The van der Waals surface area contributed by atoms with Crippen LogP contribution in [0.1, 0.15) is 10.4 Å². The molecule has 26 heavy (non-hydrogen) atoms. The van der Waals surface area contributed by atoms with Crippen LogP contribution in [0.5, 0.6) is 0 Å². The van der Waals surface area contributed by atoms with Crippen LogP contribution in [-0.4, -0.2) is 73.8 Å². The van der Waals surface area contributed by atoms with Gasteiger partial charge in [-0.25, -0.2) is 0 Å². The number of carboxylic acid groups (broad SMARTS) is 1. The van der Waals surface area contributed by atoms with Crippen molar-refractivity contribution in [2.45, 2.75) is 30.7 Å². The predicted octanol–water partition coefficient (Wildman–Crippen LogP) is -8.84. The van der Waals surface area contributed by atoms with E-state index in [4.69, 9.17) is 4.84 Å². The maximum absolute atomic E-state index is 11.7. The van der Waals surface area contributed by atoms with Crippen LogP contribution in [0.15, 0.2) is 24.5 Å². The molecule has 1 aliphatic rings. The van der Waals surface area contributed by atoms with E-state index in [1.54, 1.807) is 0 Å². The summed E-state index contributed by atoms with van der Waals surface area (Å²) in [6.45, 7) is 0. The van der Waals surface area contributed by atoms with Crippen LogP contribution in [0.2, 0.25) is 0 Å². The number of hydrogen-bond donors (Lipinski definition) is 5. The van der Waals surface area contributed by atoms with Crippen molar-refractivity contribution in [3.05, 3.63) is 30.1 Å². The third-order valence-corrected chi connectivity index (χ3v) is 3.10. The van der Waals surface area contributed by atoms with Gasteiger partial charge in [0.1, 0.15) is 18.3 Å². The quantitative estimate of drug-likeness (QED) is 0.236. The number of aromatic nitrogens is 1. The van der Waals surface area contributed by atoms with E-state index in [-0.39, 0.29) is 46.1 Å². The molecule has 2 rings (SSSR count). The Morgan fingerprint density at radius 1 is 1.15 bits per heavy atom. The minimum atomic E-state index is -1.91. The Labute approximate surface area is 168 Å². The molecule has 142 valence electrons. The van der Waals surface area contributed by atoms with Crippen LogP contribution in [0, 0.1) is 0 Å². The number of amides is 1. The van der Waals surface area contributed by atoms with Crippen LogP contribution >= 0.6 is 0 Å². The van der Waals surface area contributed by atoms with Crippen molar-refractivity contribution in [3.8, 4) is 0 Å². The van der Waals surface area contributed by atoms with Crippen LogP contribution in [0.25, 0.3) is 0 Å². The van der Waals surface area contributed by atoms with Crippen LogP contribution in [0.4, 0.5) is 0 Å². The standard InChI is InChI=1S/C12H15N3O8.Na.2H2O/c16-6-7(17)9(12(21)22-8(6)11(19)20)23-15-14-10(18)5-1-3-13-4-2-5;;;/h1-4,6-9,12,15-17,21H,(H,14,18)(H,19,20);;2*1H2/q;+1;;/p-1/t6-,7-,8-,9+,12?;;;/m0.../s1. The minimum Gasteiger partial charge on any atom is -0.547 e. The van der Waals surface area contributed by atoms with Crippen molar-refractivity contribution < 1.29 is 80.1 Å². The third-order valence-electron chi connectivity index (χ3n) is 3.10. The molecule has 1 saturated heterocycles. The number of hydrogen-bond acceptors (Lipinski definition) is 10. The Morgan fingerprint density at radius 2 is 1.73 bits per heavy atom. The average molecular weight is 387 g/mol. The van der Waals surface area contributed by atoms with Gasteiger partial charge >= 0.3 is 29.6 Å². The van der Waals surface area contributed by atoms with Gasteiger partial charge in [0.05, 0.1) is 5.97 Å². The summed E-state index contributed by atoms with van der Waals surface area (Å²) in [5.41, 5.74) is 4.35. The number of hydrazine groups is 1. The molecule has 0 aromatic carbocycles. The maximum atomic E-state index is 11.7. The Kier molecular flexibility index (Phi) is 12.7. The molecular weight excluding hydrogens is 369 g/mol. The fraction of sp³-hybridized carbons (Fsp3) is 0.417. The molecule has 9 N–H and O–H groups in total. The van der Waals surface area contributed by atoms with Crippen molar-refractivity contribution in [3.63, 3.8) is 0 Å². The summed E-state index contributed by atoms with van der Waals surface area (Å²) < 4.78 is 4.58. The van der Waals surface area contributed by atoms with E-state index in [1.165, 1.54) is 24.5 Å². The van der Waals surface area contributed by atoms with Crippen LogP contribution < -0.4 is 45.7 Å². The number of ether oxygens (including phenoxy) is 1. The number of pyridine rings is 1.